The molecule has 3 rings (SSSR count). The molecule has 0 saturated heterocycles. The van der Waals surface area contributed by atoms with Crippen LogP contribution >= 0.6 is 0 Å². The van der Waals surface area contributed by atoms with Gasteiger partial charge in [-0.2, -0.15) is 0 Å². The van der Waals surface area contributed by atoms with E-state index in [2.05, 4.69) is 15.3 Å². The maximum absolute atomic E-state index is 12.3. The second kappa shape index (κ2) is 6.30. The van der Waals surface area contributed by atoms with Gasteiger partial charge >= 0.3 is 0 Å². The van der Waals surface area contributed by atoms with E-state index >= 15 is 0 Å². The van der Waals surface area contributed by atoms with Crippen LogP contribution < -0.4 is 10.1 Å². The van der Waals surface area contributed by atoms with Crippen LogP contribution in [0.5, 0.6) is 5.75 Å². The Bertz CT molecular complexity index is 762. The lowest BCUT2D eigenvalue weighted by molar-refractivity contribution is 0.102. The molecule has 0 radical (unpaired) electrons. The number of fused-ring (bicyclic) bond motifs is 1. The van der Waals surface area contributed by atoms with Crippen LogP contribution in [0.1, 0.15) is 23.7 Å². The van der Waals surface area contributed by atoms with Crippen molar-refractivity contribution in [3.63, 3.8) is 0 Å². The number of benzene rings is 2. The molecular weight excluding hydrogens is 278 g/mol. The monoisotopic (exact) mass is 295 g/mol. The van der Waals surface area contributed by atoms with E-state index in [0.717, 1.165) is 17.5 Å². The van der Waals surface area contributed by atoms with Crippen LogP contribution in [0.3, 0.4) is 0 Å². The van der Waals surface area contributed by atoms with E-state index < -0.39 is 0 Å². The third-order valence-electron chi connectivity index (χ3n) is 3.19. The lowest BCUT2D eigenvalue weighted by Crippen LogP contribution is -2.13. The smallest absolute Gasteiger partial charge is 0.258 e. The molecule has 0 aliphatic rings. The first-order chi connectivity index (χ1) is 10.8. The topological polar surface area (TPSA) is 67.0 Å². The molecule has 0 aliphatic heterocycles. The highest BCUT2D eigenvalue weighted by atomic mass is 16.5. The number of H-pyrrole nitrogens is 1. The molecule has 5 nitrogen and oxygen atoms in total. The number of imidazole rings is 1. The number of rotatable bonds is 5. The number of nitrogens with one attached hydrogen (secondary N) is 2. The summed E-state index contributed by atoms with van der Waals surface area (Å²) in [6.45, 7) is 2.67. The molecule has 2 N–H and O–H groups in total. The van der Waals surface area contributed by atoms with Gasteiger partial charge in [-0.25, -0.2) is 4.98 Å². The maximum atomic E-state index is 12.3. The summed E-state index contributed by atoms with van der Waals surface area (Å²) in [6.07, 6.45) is 0.926. The van der Waals surface area contributed by atoms with Crippen molar-refractivity contribution in [1.82, 2.24) is 9.97 Å². The number of carbonyl (C=O) groups excluding carboxylic acids is 1. The summed E-state index contributed by atoms with van der Waals surface area (Å²) in [5.74, 6) is 0.909. The number of aromatic amines is 1. The number of para-hydroxylation sites is 2. The maximum Gasteiger partial charge on any atom is 0.258 e. The van der Waals surface area contributed by atoms with Crippen molar-refractivity contribution in [1.29, 1.82) is 0 Å². The molecule has 2 aromatic carbocycles. The van der Waals surface area contributed by atoms with Crippen molar-refractivity contribution < 1.29 is 9.53 Å². The Morgan fingerprint density at radius 3 is 2.91 bits per heavy atom. The molecule has 0 unspecified atom stereocenters. The van der Waals surface area contributed by atoms with E-state index in [1.165, 1.54) is 0 Å². The third kappa shape index (κ3) is 3.09. The van der Waals surface area contributed by atoms with Gasteiger partial charge in [-0.05, 0) is 36.8 Å². The van der Waals surface area contributed by atoms with E-state index in [4.69, 9.17) is 4.74 Å². The molecular formula is C17H17N3O2. The Labute approximate surface area is 128 Å². The van der Waals surface area contributed by atoms with Crippen LogP contribution in [-0.2, 0) is 0 Å². The Balaban J connectivity index is 1.76. The predicted octanol–water partition coefficient (Wildman–Crippen LogP) is 3.60. The number of ether oxygens (including phenoxy) is 1. The molecule has 1 amide bonds. The van der Waals surface area contributed by atoms with E-state index in [0.29, 0.717) is 23.9 Å². The molecule has 112 valence electrons. The average molecular weight is 295 g/mol. The van der Waals surface area contributed by atoms with Crippen LogP contribution in [0.15, 0.2) is 48.5 Å². The highest BCUT2D eigenvalue weighted by molar-refractivity contribution is 6.04. The minimum Gasteiger partial charge on any atom is -0.494 e. The molecule has 0 spiro atoms. The zero-order valence-corrected chi connectivity index (χ0v) is 12.3. The van der Waals surface area contributed by atoms with Gasteiger partial charge in [-0.3, -0.25) is 10.1 Å². The molecule has 0 aliphatic carbocycles. The molecule has 0 atom stereocenters. The average Bonchev–Trinajstić information content (AvgIpc) is 2.95. The summed E-state index contributed by atoms with van der Waals surface area (Å²) < 4.78 is 5.54. The van der Waals surface area contributed by atoms with Gasteiger partial charge in [-0.15, -0.1) is 0 Å². The van der Waals surface area contributed by atoms with Gasteiger partial charge in [0.05, 0.1) is 17.6 Å². The van der Waals surface area contributed by atoms with Gasteiger partial charge in [0.2, 0.25) is 5.95 Å². The Kier molecular flexibility index (Phi) is 4.05. The van der Waals surface area contributed by atoms with Crippen LogP contribution in [-0.4, -0.2) is 22.5 Å². The summed E-state index contributed by atoms with van der Waals surface area (Å²) in [7, 11) is 0. The fraction of sp³-hybridized carbons (Fsp3) is 0.176. The van der Waals surface area contributed by atoms with Gasteiger partial charge in [0.1, 0.15) is 5.75 Å². The fourth-order valence-electron chi connectivity index (χ4n) is 2.14. The summed E-state index contributed by atoms with van der Waals surface area (Å²) in [5.41, 5.74) is 2.24. The summed E-state index contributed by atoms with van der Waals surface area (Å²) in [4.78, 5) is 19.7. The standard InChI is InChI=1S/C17H17N3O2/c1-2-10-22-13-7-5-6-12(11-13)16(21)20-17-18-14-8-3-4-9-15(14)19-17/h3-9,11H,2,10H2,1H3,(H2,18,19,20,21). The zero-order valence-electron chi connectivity index (χ0n) is 12.3. The Hall–Kier alpha value is -2.82. The van der Waals surface area contributed by atoms with E-state index in [1.54, 1.807) is 18.2 Å². The second-order valence-electron chi connectivity index (χ2n) is 4.93. The van der Waals surface area contributed by atoms with Crippen LogP contribution in [0, 0.1) is 0 Å². The number of hydrogen-bond donors (Lipinski definition) is 2. The number of carbonyl (C=O) groups is 1. The quantitative estimate of drug-likeness (QED) is 0.755. The zero-order chi connectivity index (χ0) is 15.4. The van der Waals surface area contributed by atoms with Crippen LogP contribution in [0.25, 0.3) is 11.0 Å². The predicted molar refractivity (Wildman–Crippen MR) is 86.3 cm³/mol. The Morgan fingerprint density at radius 1 is 1.23 bits per heavy atom. The minimum absolute atomic E-state index is 0.221. The normalized spacial score (nSPS) is 10.6. The lowest BCUT2D eigenvalue weighted by Gasteiger charge is -2.06. The van der Waals surface area contributed by atoms with Crippen molar-refractivity contribution in [2.75, 3.05) is 11.9 Å². The summed E-state index contributed by atoms with van der Waals surface area (Å²) in [5, 5.41) is 2.77. The highest BCUT2D eigenvalue weighted by Crippen LogP contribution is 2.17. The summed E-state index contributed by atoms with van der Waals surface area (Å²) in [6, 6.07) is 14.7. The molecule has 0 bridgehead atoms. The SMILES string of the molecule is CCCOc1cccc(C(=O)Nc2nc3ccccc3[nH]2)c1. The number of nitrogens with zero attached hydrogens (tertiary/aromatic N) is 1. The fourth-order valence-corrected chi connectivity index (χ4v) is 2.14. The van der Waals surface area contributed by atoms with Crippen molar-refractivity contribution >= 4 is 22.9 Å². The second-order valence-corrected chi connectivity index (χ2v) is 4.93. The van der Waals surface area contributed by atoms with E-state index in [-0.39, 0.29) is 5.91 Å². The van der Waals surface area contributed by atoms with Crippen LogP contribution in [0.2, 0.25) is 0 Å². The molecule has 5 heteroatoms. The molecule has 0 saturated carbocycles. The van der Waals surface area contributed by atoms with Gasteiger partial charge in [-0.1, -0.05) is 25.1 Å². The van der Waals surface area contributed by atoms with E-state index in [1.807, 2.05) is 37.3 Å². The molecule has 3 aromatic rings. The number of amides is 1. The first-order valence-electron chi connectivity index (χ1n) is 7.25. The van der Waals surface area contributed by atoms with Gasteiger partial charge in [0, 0.05) is 5.56 Å². The third-order valence-corrected chi connectivity index (χ3v) is 3.19. The van der Waals surface area contributed by atoms with Crippen molar-refractivity contribution in [2.24, 2.45) is 0 Å². The highest BCUT2D eigenvalue weighted by Gasteiger charge is 2.10. The lowest BCUT2D eigenvalue weighted by atomic mass is 10.2. The van der Waals surface area contributed by atoms with Gasteiger partial charge < -0.3 is 9.72 Å². The van der Waals surface area contributed by atoms with Gasteiger partial charge in [0.15, 0.2) is 0 Å². The van der Waals surface area contributed by atoms with Crippen molar-refractivity contribution in [2.45, 2.75) is 13.3 Å². The first-order valence-corrected chi connectivity index (χ1v) is 7.25. The number of aromatic nitrogens is 2. The van der Waals surface area contributed by atoms with Crippen LogP contribution in [0.4, 0.5) is 5.95 Å². The molecule has 1 aromatic heterocycles. The van der Waals surface area contributed by atoms with Gasteiger partial charge in [0.25, 0.3) is 5.91 Å². The van der Waals surface area contributed by atoms with Crippen molar-refractivity contribution in [3.05, 3.63) is 54.1 Å². The summed E-state index contributed by atoms with van der Waals surface area (Å²) >= 11 is 0. The molecule has 22 heavy (non-hydrogen) atoms. The first kappa shape index (κ1) is 14.1. The molecule has 0 fully saturated rings. The van der Waals surface area contributed by atoms with Crippen molar-refractivity contribution in [3.8, 4) is 5.75 Å². The largest absolute Gasteiger partial charge is 0.494 e. The Morgan fingerprint density at radius 2 is 2.09 bits per heavy atom. The number of hydrogen-bond acceptors (Lipinski definition) is 3. The van der Waals surface area contributed by atoms with E-state index in [9.17, 15) is 4.79 Å². The molecule has 1 heterocycles. The number of anilines is 1. The minimum atomic E-state index is -0.221.